The zero-order chi connectivity index (χ0) is 9.28. The van der Waals surface area contributed by atoms with E-state index in [4.69, 9.17) is 0 Å². The van der Waals surface area contributed by atoms with Crippen LogP contribution in [0.2, 0.25) is 0 Å². The molecule has 0 spiro atoms. The summed E-state index contributed by atoms with van der Waals surface area (Å²) in [5.74, 6) is 0. The first-order valence-corrected chi connectivity index (χ1v) is 3.11. The topological polar surface area (TPSA) is 46.6 Å². The Morgan fingerprint density at radius 2 is 1.64 bits per heavy atom. The second kappa shape index (κ2) is 2.87. The zero-order valence-corrected chi connectivity index (χ0v) is 5.29. The van der Waals surface area contributed by atoms with E-state index in [0.717, 1.165) is 0 Å². The third-order valence-corrected chi connectivity index (χ3v) is 0.663. The third kappa shape index (κ3) is 4.86. The predicted octanol–water partition coefficient (Wildman–Crippen LogP) is 0.839. The zero-order valence-electron chi connectivity index (χ0n) is 4.47. The second-order valence-corrected chi connectivity index (χ2v) is 2.12. The minimum absolute atomic E-state index is 2.15. The minimum Gasteiger partial charge on any atom is -0.163 e. The van der Waals surface area contributed by atoms with Crippen LogP contribution in [0.5, 0.6) is 0 Å². The summed E-state index contributed by atoms with van der Waals surface area (Å²) in [7, 11) is -5.98. The summed E-state index contributed by atoms with van der Waals surface area (Å²) in [5.41, 5.74) is 0. The van der Waals surface area contributed by atoms with Gasteiger partial charge in [-0.25, -0.2) is 0 Å². The molecule has 4 nitrogen and oxygen atoms in total. The first kappa shape index (κ1) is 10.5. The predicted molar refractivity (Wildman–Crippen MR) is 20.1 cm³/mol. The van der Waals surface area contributed by atoms with Gasteiger partial charge in [0, 0.05) is 0 Å². The van der Waals surface area contributed by atoms with Gasteiger partial charge in [0.15, 0.2) is 0 Å². The molecule has 0 atom stereocenters. The van der Waals surface area contributed by atoms with Crippen molar-refractivity contribution in [2.75, 3.05) is 0 Å². The Balaban J connectivity index is 4.21. The Kier molecular flexibility index (Phi) is 2.74. The highest BCUT2D eigenvalue weighted by atomic mass is 32.3. The molecule has 0 radical (unpaired) electrons. The maximum atomic E-state index is 11.3. The third-order valence-electron chi connectivity index (χ3n) is 0.354. The summed E-state index contributed by atoms with van der Waals surface area (Å²) in [5, 5.41) is -2.57. The van der Waals surface area contributed by atoms with E-state index in [0.29, 0.717) is 0 Å². The molecule has 0 fully saturated rings. The number of nitrogens with zero attached hydrogens (tertiary/aromatic N) is 1. The molecule has 0 amide bonds. The van der Waals surface area contributed by atoms with Crippen LogP contribution in [0.25, 0.3) is 0 Å². The van der Waals surface area contributed by atoms with E-state index in [9.17, 15) is 30.0 Å². The Morgan fingerprint density at radius 1 is 1.27 bits per heavy atom. The van der Waals surface area contributed by atoms with Crippen molar-refractivity contribution in [1.82, 2.24) is 5.29 Å². The molecule has 0 aromatic rings. The number of rotatable bonds is 2. The van der Waals surface area contributed by atoms with Gasteiger partial charge in [0.2, 0.25) is 0 Å². The minimum atomic E-state index is -5.98. The monoisotopic (exact) mass is 201 g/mol. The molecule has 0 saturated heterocycles. The highest BCUT2D eigenvalue weighted by molar-refractivity contribution is 7.81. The Hall–Kier alpha value is -0.480. The molecule has 0 saturated carbocycles. The van der Waals surface area contributed by atoms with Gasteiger partial charge < -0.3 is 0 Å². The fourth-order valence-corrected chi connectivity index (χ4v) is 0.361. The molecular weight excluding hydrogens is 201 g/mol. The summed E-state index contributed by atoms with van der Waals surface area (Å²) >= 11 is 0. The van der Waals surface area contributed by atoms with Crippen LogP contribution in [0.3, 0.4) is 0 Å². The normalized spacial score (nSPS) is 14.0. The molecule has 68 valence electrons. The lowest BCUT2D eigenvalue weighted by Crippen LogP contribution is -2.31. The lowest BCUT2D eigenvalue weighted by Gasteiger charge is -2.09. The van der Waals surface area contributed by atoms with E-state index in [-0.39, 0.29) is 0 Å². The van der Waals surface area contributed by atoms with Gasteiger partial charge in [-0.2, -0.15) is 21.6 Å². The van der Waals surface area contributed by atoms with Gasteiger partial charge in [-0.1, -0.05) is 8.37 Å². The number of hydroxylamine groups is 1. The first-order chi connectivity index (χ1) is 4.63. The maximum Gasteiger partial charge on any atom is 0.512 e. The number of hydrogen-bond acceptors (Lipinski definition) is 4. The molecule has 0 aromatic carbocycles. The highest BCUT2D eigenvalue weighted by Gasteiger charge is 2.43. The molecule has 0 heterocycles. The van der Waals surface area contributed by atoms with Crippen LogP contribution in [0.4, 0.5) is 21.5 Å². The van der Waals surface area contributed by atoms with Crippen LogP contribution in [-0.4, -0.2) is 20.0 Å². The van der Waals surface area contributed by atoms with E-state index >= 15 is 0 Å². The van der Waals surface area contributed by atoms with Gasteiger partial charge in [-0.15, -0.1) is 4.28 Å². The van der Waals surface area contributed by atoms with Crippen molar-refractivity contribution in [2.45, 2.75) is 6.30 Å². The second-order valence-electron chi connectivity index (χ2n) is 1.18. The lowest BCUT2D eigenvalue weighted by molar-refractivity contribution is -0.414. The van der Waals surface area contributed by atoms with E-state index in [1.54, 1.807) is 0 Å². The van der Waals surface area contributed by atoms with E-state index in [1.807, 2.05) is 0 Å². The molecule has 0 N–H and O–H groups in total. The fourth-order valence-electron chi connectivity index (χ4n) is 0.120. The average molecular weight is 201 g/mol. The van der Waals surface area contributed by atoms with Crippen LogP contribution < -0.4 is 0 Å². The van der Waals surface area contributed by atoms with Gasteiger partial charge in [0.05, 0.1) is 5.29 Å². The fraction of sp³-hybridized carbons (Fsp3) is 1.00. The van der Waals surface area contributed by atoms with Crippen molar-refractivity contribution in [3.8, 4) is 0 Å². The van der Waals surface area contributed by atoms with Crippen molar-refractivity contribution >= 4 is 10.5 Å². The van der Waals surface area contributed by atoms with Crippen molar-refractivity contribution in [1.29, 1.82) is 0 Å². The van der Waals surface area contributed by atoms with E-state index in [1.165, 1.54) is 0 Å². The Bertz CT molecular complexity index is 218. The molecule has 0 aliphatic heterocycles. The van der Waals surface area contributed by atoms with Crippen molar-refractivity contribution in [3.05, 3.63) is 0 Å². The standard InChI is InChI=1S/CF5NO3S/c2-1(3,4)7(5)10-11(6,8)9. The maximum absolute atomic E-state index is 11.3. The van der Waals surface area contributed by atoms with Crippen LogP contribution >= 0.6 is 0 Å². The van der Waals surface area contributed by atoms with Crippen molar-refractivity contribution in [2.24, 2.45) is 0 Å². The average Bonchev–Trinajstić information content (AvgIpc) is 1.56. The van der Waals surface area contributed by atoms with E-state index < -0.39 is 22.1 Å². The van der Waals surface area contributed by atoms with Crippen molar-refractivity contribution in [3.63, 3.8) is 0 Å². The summed E-state index contributed by atoms with van der Waals surface area (Å²) in [6.07, 6.45) is -5.71. The smallest absolute Gasteiger partial charge is 0.163 e. The van der Waals surface area contributed by atoms with E-state index in [2.05, 4.69) is 4.28 Å². The molecule has 0 aliphatic rings. The Morgan fingerprint density at radius 3 is 1.73 bits per heavy atom. The Labute approximate surface area is 57.5 Å². The summed E-state index contributed by atoms with van der Waals surface area (Å²) in [4.78, 5) is 0. The van der Waals surface area contributed by atoms with Crippen LogP contribution in [-0.2, 0) is 14.8 Å². The largest absolute Gasteiger partial charge is 0.512 e. The van der Waals surface area contributed by atoms with Gasteiger partial charge in [0.25, 0.3) is 0 Å². The van der Waals surface area contributed by atoms with Crippen molar-refractivity contribution < 1.29 is 34.2 Å². The summed E-state index contributed by atoms with van der Waals surface area (Å²) in [6.45, 7) is 0. The van der Waals surface area contributed by atoms with Gasteiger partial charge in [-0.3, -0.25) is 0 Å². The molecule has 0 unspecified atom stereocenters. The number of alkyl halides is 3. The number of halogens is 5. The van der Waals surface area contributed by atoms with Crippen LogP contribution in [0, 0.1) is 0 Å². The lowest BCUT2D eigenvalue weighted by atomic mass is 11.2. The van der Waals surface area contributed by atoms with Gasteiger partial charge in [0.1, 0.15) is 0 Å². The molecule has 0 bridgehead atoms. The highest BCUT2D eigenvalue weighted by Crippen LogP contribution is 2.23. The summed E-state index contributed by atoms with van der Waals surface area (Å²) < 4.78 is 75.9. The van der Waals surface area contributed by atoms with Gasteiger partial charge in [-0.05, 0) is 0 Å². The summed E-state index contributed by atoms with van der Waals surface area (Å²) in [6, 6.07) is 0. The molecule has 0 aromatic heterocycles. The first-order valence-electron chi connectivity index (χ1n) is 1.80. The number of hydrogen-bond donors (Lipinski definition) is 0. The molecule has 0 rings (SSSR count). The molecule has 11 heavy (non-hydrogen) atoms. The SMILES string of the molecule is O=S(=O)(F)ON(F)C(F)(F)F. The molecular formula is CF5NO3S. The quantitative estimate of drug-likeness (QED) is 0.218. The molecule has 10 heteroatoms. The molecule has 0 aliphatic carbocycles. The van der Waals surface area contributed by atoms with Gasteiger partial charge >= 0.3 is 16.8 Å². The van der Waals surface area contributed by atoms with Crippen LogP contribution in [0.1, 0.15) is 0 Å². The van der Waals surface area contributed by atoms with Crippen LogP contribution in [0.15, 0.2) is 0 Å².